The standard InChI is InChI=1S/C18H25N3O2/c1-21-10-9-19-18(21)17-16(8-11-23-17)20-15(13-22-2)12-14-6-4-3-5-7-14/h3-7,9-10,15-17,20H,8,11-13H2,1-2H3/t15?,16-,17-/m0/s1. The molecule has 2 aromatic rings. The lowest BCUT2D eigenvalue weighted by atomic mass is 10.0. The fourth-order valence-corrected chi connectivity index (χ4v) is 3.23. The van der Waals surface area contributed by atoms with Crippen molar-refractivity contribution in [3.63, 3.8) is 0 Å². The summed E-state index contributed by atoms with van der Waals surface area (Å²) < 4.78 is 13.4. The number of imidazole rings is 1. The minimum atomic E-state index is 0.00475. The molecule has 1 saturated heterocycles. The lowest BCUT2D eigenvalue weighted by Crippen LogP contribution is -2.44. The highest BCUT2D eigenvalue weighted by atomic mass is 16.5. The largest absolute Gasteiger partial charge is 0.383 e. The number of rotatable bonds is 7. The van der Waals surface area contributed by atoms with Crippen molar-refractivity contribution in [1.29, 1.82) is 0 Å². The number of aromatic nitrogens is 2. The zero-order valence-electron chi connectivity index (χ0n) is 13.8. The summed E-state index contributed by atoms with van der Waals surface area (Å²) in [6, 6.07) is 11.0. The van der Waals surface area contributed by atoms with Crippen LogP contribution in [0.2, 0.25) is 0 Å². The van der Waals surface area contributed by atoms with Crippen LogP contribution in [0.25, 0.3) is 0 Å². The molecule has 1 N–H and O–H groups in total. The van der Waals surface area contributed by atoms with E-state index in [1.807, 2.05) is 30.1 Å². The van der Waals surface area contributed by atoms with Crippen LogP contribution in [0, 0.1) is 0 Å². The molecular weight excluding hydrogens is 290 g/mol. The fourth-order valence-electron chi connectivity index (χ4n) is 3.23. The van der Waals surface area contributed by atoms with Gasteiger partial charge in [0.15, 0.2) is 0 Å². The predicted molar refractivity (Wildman–Crippen MR) is 89.3 cm³/mol. The topological polar surface area (TPSA) is 48.3 Å². The highest BCUT2D eigenvalue weighted by Crippen LogP contribution is 2.28. The average Bonchev–Trinajstić information content (AvgIpc) is 3.17. The van der Waals surface area contributed by atoms with E-state index in [-0.39, 0.29) is 18.2 Å². The molecule has 2 heterocycles. The van der Waals surface area contributed by atoms with Crippen molar-refractivity contribution < 1.29 is 9.47 Å². The van der Waals surface area contributed by atoms with Crippen molar-refractivity contribution in [3.05, 3.63) is 54.1 Å². The van der Waals surface area contributed by atoms with Gasteiger partial charge in [0.25, 0.3) is 0 Å². The van der Waals surface area contributed by atoms with E-state index in [1.54, 1.807) is 7.11 Å². The van der Waals surface area contributed by atoms with Crippen LogP contribution < -0.4 is 5.32 Å². The number of nitrogens with one attached hydrogen (secondary N) is 1. The summed E-state index contributed by atoms with van der Waals surface area (Å²) in [7, 11) is 3.76. The van der Waals surface area contributed by atoms with E-state index in [0.717, 1.165) is 25.3 Å². The number of benzene rings is 1. The molecule has 3 atom stereocenters. The van der Waals surface area contributed by atoms with E-state index in [0.29, 0.717) is 6.61 Å². The molecule has 0 spiro atoms. The Labute approximate surface area is 137 Å². The number of aryl methyl sites for hydroxylation is 1. The lowest BCUT2D eigenvalue weighted by molar-refractivity contribution is 0.0816. The minimum Gasteiger partial charge on any atom is -0.383 e. The molecule has 0 saturated carbocycles. The maximum Gasteiger partial charge on any atom is 0.139 e. The molecule has 23 heavy (non-hydrogen) atoms. The van der Waals surface area contributed by atoms with E-state index in [1.165, 1.54) is 5.56 Å². The summed E-state index contributed by atoms with van der Waals surface area (Å²) in [5.41, 5.74) is 1.31. The van der Waals surface area contributed by atoms with Gasteiger partial charge in [-0.3, -0.25) is 0 Å². The summed E-state index contributed by atoms with van der Waals surface area (Å²) >= 11 is 0. The lowest BCUT2D eigenvalue weighted by Gasteiger charge is -2.26. The monoisotopic (exact) mass is 315 g/mol. The van der Waals surface area contributed by atoms with Gasteiger partial charge in [-0.05, 0) is 18.4 Å². The molecule has 1 unspecified atom stereocenters. The Balaban J connectivity index is 1.68. The van der Waals surface area contributed by atoms with Crippen molar-refractivity contribution in [3.8, 4) is 0 Å². The van der Waals surface area contributed by atoms with Gasteiger partial charge in [-0.15, -0.1) is 0 Å². The molecule has 1 aliphatic heterocycles. The quantitative estimate of drug-likeness (QED) is 0.850. The molecule has 1 fully saturated rings. The maximum absolute atomic E-state index is 5.93. The molecule has 0 amide bonds. The second-order valence-electron chi connectivity index (χ2n) is 6.09. The van der Waals surface area contributed by atoms with Gasteiger partial charge in [-0.1, -0.05) is 30.3 Å². The Bertz CT molecular complexity index is 599. The molecule has 124 valence electrons. The SMILES string of the molecule is COCC(Cc1ccccc1)N[C@H]1CCO[C@@H]1c1nccn1C. The molecule has 0 bridgehead atoms. The Morgan fingerprint density at radius 3 is 2.91 bits per heavy atom. The van der Waals surface area contributed by atoms with Gasteiger partial charge in [0.2, 0.25) is 0 Å². The van der Waals surface area contributed by atoms with Gasteiger partial charge in [-0.2, -0.15) is 0 Å². The van der Waals surface area contributed by atoms with Crippen LogP contribution in [0.5, 0.6) is 0 Å². The zero-order chi connectivity index (χ0) is 16.1. The van der Waals surface area contributed by atoms with Gasteiger partial charge < -0.3 is 19.4 Å². The third-order valence-corrected chi connectivity index (χ3v) is 4.35. The summed E-state index contributed by atoms with van der Waals surface area (Å²) in [5.74, 6) is 0.982. The Morgan fingerprint density at radius 2 is 2.22 bits per heavy atom. The molecule has 1 aromatic heterocycles. The first kappa shape index (κ1) is 16.2. The first-order valence-electron chi connectivity index (χ1n) is 8.15. The summed E-state index contributed by atoms with van der Waals surface area (Å²) in [6.45, 7) is 1.44. The second-order valence-corrected chi connectivity index (χ2v) is 6.09. The van der Waals surface area contributed by atoms with Crippen molar-refractivity contribution in [2.45, 2.75) is 31.0 Å². The first-order chi connectivity index (χ1) is 11.3. The smallest absolute Gasteiger partial charge is 0.139 e. The number of hydrogen-bond acceptors (Lipinski definition) is 4. The van der Waals surface area contributed by atoms with Gasteiger partial charge in [-0.25, -0.2) is 4.98 Å². The number of nitrogens with zero attached hydrogens (tertiary/aromatic N) is 2. The number of ether oxygens (including phenoxy) is 2. The Kier molecular flexibility index (Phi) is 5.43. The highest BCUT2D eigenvalue weighted by molar-refractivity contribution is 5.16. The summed E-state index contributed by atoms with van der Waals surface area (Å²) in [6.07, 6.45) is 5.73. The van der Waals surface area contributed by atoms with Crippen LogP contribution in [-0.4, -0.2) is 42.0 Å². The predicted octanol–water partition coefficient (Wildman–Crippen LogP) is 2.10. The molecule has 3 rings (SSSR count). The molecule has 5 heteroatoms. The number of methoxy groups -OCH3 is 1. The third-order valence-electron chi connectivity index (χ3n) is 4.35. The van der Waals surface area contributed by atoms with E-state index in [9.17, 15) is 0 Å². The van der Waals surface area contributed by atoms with Crippen molar-refractivity contribution in [1.82, 2.24) is 14.9 Å². The minimum absolute atomic E-state index is 0.00475. The summed E-state index contributed by atoms with van der Waals surface area (Å²) in [4.78, 5) is 4.45. The van der Waals surface area contributed by atoms with Crippen LogP contribution >= 0.6 is 0 Å². The Hall–Kier alpha value is -1.69. The normalized spacial score (nSPS) is 22.3. The molecule has 5 nitrogen and oxygen atoms in total. The molecule has 1 aromatic carbocycles. The highest BCUT2D eigenvalue weighted by Gasteiger charge is 2.33. The fraction of sp³-hybridized carbons (Fsp3) is 0.500. The van der Waals surface area contributed by atoms with Gasteiger partial charge in [0.05, 0.1) is 6.61 Å². The second kappa shape index (κ2) is 7.73. The third kappa shape index (κ3) is 3.99. The van der Waals surface area contributed by atoms with Crippen LogP contribution in [-0.2, 0) is 22.9 Å². The van der Waals surface area contributed by atoms with Crippen molar-refractivity contribution in [2.75, 3.05) is 20.3 Å². The van der Waals surface area contributed by atoms with Crippen molar-refractivity contribution >= 4 is 0 Å². The van der Waals surface area contributed by atoms with Gasteiger partial charge in [0.1, 0.15) is 11.9 Å². The van der Waals surface area contributed by atoms with Crippen LogP contribution in [0.1, 0.15) is 23.9 Å². The van der Waals surface area contributed by atoms with E-state index in [4.69, 9.17) is 9.47 Å². The maximum atomic E-state index is 5.93. The zero-order valence-corrected chi connectivity index (χ0v) is 13.8. The number of hydrogen-bond donors (Lipinski definition) is 1. The van der Waals surface area contributed by atoms with Crippen LogP contribution in [0.3, 0.4) is 0 Å². The first-order valence-corrected chi connectivity index (χ1v) is 8.15. The van der Waals surface area contributed by atoms with Gasteiger partial charge in [0, 0.05) is 45.2 Å². The molecular formula is C18H25N3O2. The van der Waals surface area contributed by atoms with Gasteiger partial charge >= 0.3 is 0 Å². The van der Waals surface area contributed by atoms with Crippen LogP contribution in [0.15, 0.2) is 42.7 Å². The van der Waals surface area contributed by atoms with E-state index in [2.05, 4.69) is 34.6 Å². The molecule has 0 aliphatic carbocycles. The van der Waals surface area contributed by atoms with E-state index < -0.39 is 0 Å². The molecule has 1 aliphatic rings. The summed E-state index contributed by atoms with van der Waals surface area (Å²) in [5, 5.41) is 3.73. The average molecular weight is 315 g/mol. The Morgan fingerprint density at radius 1 is 1.39 bits per heavy atom. The van der Waals surface area contributed by atoms with Crippen LogP contribution in [0.4, 0.5) is 0 Å². The van der Waals surface area contributed by atoms with Crippen molar-refractivity contribution in [2.24, 2.45) is 7.05 Å². The molecule has 0 radical (unpaired) electrons. The van der Waals surface area contributed by atoms with E-state index >= 15 is 0 Å².